The van der Waals surface area contributed by atoms with Gasteiger partial charge < -0.3 is 9.84 Å². The summed E-state index contributed by atoms with van der Waals surface area (Å²) in [4.78, 5) is 0. The molecule has 0 aliphatic carbocycles. The summed E-state index contributed by atoms with van der Waals surface area (Å²) in [5.41, 5.74) is 4.94. The van der Waals surface area contributed by atoms with Gasteiger partial charge in [-0.2, -0.15) is 0 Å². The fourth-order valence-electron chi connectivity index (χ4n) is 2.72. The van der Waals surface area contributed by atoms with E-state index in [9.17, 15) is 5.11 Å². The lowest BCUT2D eigenvalue weighted by Crippen LogP contribution is -2.04. The highest BCUT2D eigenvalue weighted by Crippen LogP contribution is 2.39. The number of aryl methyl sites for hydroxylation is 2. The van der Waals surface area contributed by atoms with Gasteiger partial charge in [-0.05, 0) is 42.7 Å². The second-order valence-electron chi connectivity index (χ2n) is 5.34. The molecule has 0 radical (unpaired) electrons. The van der Waals surface area contributed by atoms with Crippen LogP contribution >= 0.6 is 11.6 Å². The molecule has 20 heavy (non-hydrogen) atoms. The minimum Gasteiger partial charge on any atom is -0.493 e. The van der Waals surface area contributed by atoms with Crippen molar-refractivity contribution < 1.29 is 9.84 Å². The molecule has 1 atom stereocenters. The molecule has 0 saturated carbocycles. The predicted molar refractivity (Wildman–Crippen MR) is 80.6 cm³/mol. The van der Waals surface area contributed by atoms with Gasteiger partial charge in [-0.25, -0.2) is 0 Å². The van der Waals surface area contributed by atoms with E-state index in [4.69, 9.17) is 16.3 Å². The first kappa shape index (κ1) is 13.5. The van der Waals surface area contributed by atoms with Crippen LogP contribution in [0.2, 0.25) is 5.02 Å². The van der Waals surface area contributed by atoms with E-state index < -0.39 is 6.10 Å². The average molecular weight is 289 g/mol. The Balaban J connectivity index is 2.11. The van der Waals surface area contributed by atoms with Crippen LogP contribution in [0.15, 0.2) is 30.3 Å². The van der Waals surface area contributed by atoms with Gasteiger partial charge in [0.05, 0.1) is 6.61 Å². The Morgan fingerprint density at radius 2 is 1.95 bits per heavy atom. The van der Waals surface area contributed by atoms with Gasteiger partial charge in [-0.3, -0.25) is 0 Å². The molecule has 0 bridgehead atoms. The summed E-state index contributed by atoms with van der Waals surface area (Å²) in [6, 6.07) is 9.81. The van der Waals surface area contributed by atoms with Gasteiger partial charge >= 0.3 is 0 Å². The highest BCUT2D eigenvalue weighted by atomic mass is 35.5. The zero-order chi connectivity index (χ0) is 14.3. The second kappa shape index (κ2) is 5.12. The molecule has 104 valence electrons. The summed E-state index contributed by atoms with van der Waals surface area (Å²) < 4.78 is 5.68. The van der Waals surface area contributed by atoms with Gasteiger partial charge in [0.1, 0.15) is 11.9 Å². The van der Waals surface area contributed by atoms with E-state index in [-0.39, 0.29) is 0 Å². The van der Waals surface area contributed by atoms with Crippen molar-refractivity contribution in [1.82, 2.24) is 0 Å². The molecule has 0 spiro atoms. The summed E-state index contributed by atoms with van der Waals surface area (Å²) in [6.45, 7) is 4.68. The fourth-order valence-corrected chi connectivity index (χ4v) is 2.97. The quantitative estimate of drug-likeness (QED) is 0.906. The highest BCUT2D eigenvalue weighted by Gasteiger charge is 2.24. The lowest BCUT2D eigenvalue weighted by Gasteiger charge is -2.18. The maximum absolute atomic E-state index is 10.7. The molecule has 0 saturated heterocycles. The van der Waals surface area contributed by atoms with E-state index in [1.54, 1.807) is 6.07 Å². The van der Waals surface area contributed by atoms with E-state index in [2.05, 4.69) is 0 Å². The third-order valence-electron chi connectivity index (χ3n) is 3.80. The largest absolute Gasteiger partial charge is 0.493 e. The van der Waals surface area contributed by atoms with Crippen molar-refractivity contribution in [2.24, 2.45) is 0 Å². The normalized spacial score (nSPS) is 14.8. The Morgan fingerprint density at radius 1 is 1.15 bits per heavy atom. The number of aliphatic hydroxyl groups is 1. The van der Waals surface area contributed by atoms with E-state index in [0.717, 1.165) is 40.0 Å². The first-order valence-corrected chi connectivity index (χ1v) is 7.14. The Bertz CT molecular complexity index is 664. The maximum Gasteiger partial charge on any atom is 0.128 e. The molecule has 2 aromatic rings. The van der Waals surface area contributed by atoms with Crippen molar-refractivity contribution in [1.29, 1.82) is 0 Å². The van der Waals surface area contributed by atoms with Crippen LogP contribution in [0.3, 0.4) is 0 Å². The number of ether oxygens (including phenoxy) is 1. The number of rotatable bonds is 2. The number of hydrogen-bond donors (Lipinski definition) is 1. The SMILES string of the molecule is Cc1ccc(C)c(C(O)c2cc(Cl)cc3c2OCC3)c1. The molecule has 1 heterocycles. The number of aliphatic hydroxyl groups excluding tert-OH is 1. The Kier molecular flexibility index (Phi) is 3.45. The van der Waals surface area contributed by atoms with Gasteiger partial charge in [0.15, 0.2) is 0 Å². The van der Waals surface area contributed by atoms with E-state index in [1.165, 1.54) is 0 Å². The number of halogens is 1. The van der Waals surface area contributed by atoms with Crippen LogP contribution in [0.5, 0.6) is 5.75 Å². The topological polar surface area (TPSA) is 29.5 Å². The number of benzene rings is 2. The molecule has 1 N–H and O–H groups in total. The summed E-state index contributed by atoms with van der Waals surface area (Å²) in [5.74, 6) is 0.794. The molecule has 3 rings (SSSR count). The summed E-state index contributed by atoms with van der Waals surface area (Å²) in [5, 5.41) is 11.4. The molecule has 0 aromatic heterocycles. The van der Waals surface area contributed by atoms with Gasteiger partial charge in [0, 0.05) is 17.0 Å². The first-order valence-electron chi connectivity index (χ1n) is 6.76. The monoisotopic (exact) mass is 288 g/mol. The molecule has 0 amide bonds. The third-order valence-corrected chi connectivity index (χ3v) is 4.02. The van der Waals surface area contributed by atoms with Crippen LogP contribution in [-0.4, -0.2) is 11.7 Å². The van der Waals surface area contributed by atoms with Gasteiger partial charge in [0.25, 0.3) is 0 Å². The zero-order valence-electron chi connectivity index (χ0n) is 11.6. The molecule has 2 aromatic carbocycles. The van der Waals surface area contributed by atoms with Crippen LogP contribution in [0, 0.1) is 13.8 Å². The van der Waals surface area contributed by atoms with E-state index >= 15 is 0 Å². The minimum absolute atomic E-state index is 0.647. The lowest BCUT2D eigenvalue weighted by molar-refractivity contribution is 0.213. The molecule has 1 unspecified atom stereocenters. The molecule has 3 heteroatoms. The van der Waals surface area contributed by atoms with Crippen molar-refractivity contribution in [2.45, 2.75) is 26.4 Å². The van der Waals surface area contributed by atoms with Crippen LogP contribution in [0.25, 0.3) is 0 Å². The van der Waals surface area contributed by atoms with Crippen LogP contribution < -0.4 is 4.74 Å². The molecule has 2 nitrogen and oxygen atoms in total. The van der Waals surface area contributed by atoms with Crippen molar-refractivity contribution in [3.63, 3.8) is 0 Å². The minimum atomic E-state index is -0.708. The van der Waals surface area contributed by atoms with Crippen LogP contribution in [0.4, 0.5) is 0 Å². The van der Waals surface area contributed by atoms with E-state index in [0.29, 0.717) is 11.6 Å². The zero-order valence-corrected chi connectivity index (χ0v) is 12.4. The number of hydrogen-bond acceptors (Lipinski definition) is 2. The lowest BCUT2D eigenvalue weighted by atomic mass is 9.94. The van der Waals surface area contributed by atoms with Crippen molar-refractivity contribution in [2.75, 3.05) is 6.61 Å². The summed E-state index contributed by atoms with van der Waals surface area (Å²) >= 11 is 6.16. The van der Waals surface area contributed by atoms with Crippen molar-refractivity contribution >= 4 is 11.6 Å². The average Bonchev–Trinajstić information content (AvgIpc) is 2.87. The fraction of sp³-hybridized carbons (Fsp3) is 0.294. The Labute approximate surface area is 124 Å². The van der Waals surface area contributed by atoms with Crippen LogP contribution in [-0.2, 0) is 6.42 Å². The molecule has 1 aliphatic rings. The predicted octanol–water partition coefficient (Wildman–Crippen LogP) is 3.97. The number of fused-ring (bicyclic) bond motifs is 1. The van der Waals surface area contributed by atoms with Gasteiger partial charge in [0.2, 0.25) is 0 Å². The van der Waals surface area contributed by atoms with Crippen molar-refractivity contribution in [3.8, 4) is 5.75 Å². The van der Waals surface area contributed by atoms with Gasteiger partial charge in [-0.15, -0.1) is 0 Å². The summed E-state index contributed by atoms with van der Waals surface area (Å²) in [7, 11) is 0. The maximum atomic E-state index is 10.7. The summed E-state index contributed by atoms with van der Waals surface area (Å²) in [6.07, 6.45) is 0.142. The van der Waals surface area contributed by atoms with Crippen molar-refractivity contribution in [3.05, 3.63) is 63.2 Å². The molecular formula is C17H17ClO2. The molecule has 1 aliphatic heterocycles. The second-order valence-corrected chi connectivity index (χ2v) is 5.78. The molecular weight excluding hydrogens is 272 g/mol. The standard InChI is InChI=1S/C17H17ClO2/c1-10-3-4-11(2)14(7-10)16(19)15-9-13(18)8-12-5-6-20-17(12)15/h3-4,7-9,16,19H,5-6H2,1-2H3. The Morgan fingerprint density at radius 3 is 2.75 bits per heavy atom. The highest BCUT2D eigenvalue weighted by molar-refractivity contribution is 6.30. The third kappa shape index (κ3) is 2.30. The first-order chi connectivity index (χ1) is 9.56. The van der Waals surface area contributed by atoms with E-state index in [1.807, 2.05) is 38.1 Å². The van der Waals surface area contributed by atoms with Crippen LogP contribution in [0.1, 0.15) is 33.9 Å². The Hall–Kier alpha value is -1.51. The smallest absolute Gasteiger partial charge is 0.128 e. The molecule has 0 fully saturated rings. The van der Waals surface area contributed by atoms with Gasteiger partial charge in [-0.1, -0.05) is 35.4 Å².